The molecule has 0 saturated carbocycles. The lowest BCUT2D eigenvalue weighted by Crippen LogP contribution is -2.54. The van der Waals surface area contributed by atoms with Gasteiger partial charge in [-0.15, -0.1) is 0 Å². The number of nitrogens with zero attached hydrogens (tertiary/aromatic N) is 1. The number of pyridine rings is 1. The lowest BCUT2D eigenvalue weighted by Gasteiger charge is -2.32. The smallest absolute Gasteiger partial charge is 0.433 e. The lowest BCUT2D eigenvalue weighted by atomic mass is 9.74. The third-order valence-electron chi connectivity index (χ3n) is 4.24. The predicted molar refractivity (Wildman–Crippen MR) is 74.4 cm³/mol. The van der Waals surface area contributed by atoms with E-state index in [0.29, 0.717) is 11.3 Å². The molecule has 2 aliphatic heterocycles. The van der Waals surface area contributed by atoms with Gasteiger partial charge in [0.1, 0.15) is 18.1 Å². The zero-order valence-corrected chi connectivity index (χ0v) is 12.0. The molecule has 0 saturated heterocycles. The number of carbonyl (C=O) groups is 2. The molecule has 1 spiro atoms. The predicted octanol–water partition coefficient (Wildman–Crippen LogP) is 2.05. The molecule has 2 aliphatic rings. The van der Waals surface area contributed by atoms with Crippen LogP contribution in [0.5, 0.6) is 5.75 Å². The number of hydrogen-bond acceptors (Lipinski definition) is 4. The van der Waals surface area contributed by atoms with E-state index in [2.05, 4.69) is 10.3 Å². The van der Waals surface area contributed by atoms with Crippen molar-refractivity contribution in [2.45, 2.75) is 11.6 Å². The SMILES string of the molecule is O=C1NC(=O)C2(COc3ccccc32)c2nc(C(F)(F)F)ccc21. The van der Waals surface area contributed by atoms with Crippen LogP contribution in [0.2, 0.25) is 0 Å². The van der Waals surface area contributed by atoms with Crippen molar-refractivity contribution in [1.29, 1.82) is 0 Å². The van der Waals surface area contributed by atoms with Crippen LogP contribution >= 0.6 is 0 Å². The Hall–Kier alpha value is -2.90. The van der Waals surface area contributed by atoms with Crippen LogP contribution in [0.1, 0.15) is 27.3 Å². The molecule has 1 unspecified atom stereocenters. The summed E-state index contributed by atoms with van der Waals surface area (Å²) in [7, 11) is 0. The number of rotatable bonds is 0. The molecule has 2 amide bonds. The van der Waals surface area contributed by atoms with E-state index in [0.717, 1.165) is 12.1 Å². The maximum absolute atomic E-state index is 13.0. The van der Waals surface area contributed by atoms with E-state index in [1.165, 1.54) is 0 Å². The molecule has 5 nitrogen and oxygen atoms in total. The normalized spacial score (nSPS) is 22.0. The van der Waals surface area contributed by atoms with E-state index in [-0.39, 0.29) is 17.9 Å². The number of para-hydroxylation sites is 1. The molecule has 24 heavy (non-hydrogen) atoms. The molecule has 1 N–H and O–H groups in total. The van der Waals surface area contributed by atoms with Crippen molar-refractivity contribution in [3.05, 3.63) is 58.9 Å². The number of nitrogens with one attached hydrogen (secondary N) is 1. The van der Waals surface area contributed by atoms with Gasteiger partial charge in [0, 0.05) is 5.56 Å². The van der Waals surface area contributed by atoms with Gasteiger partial charge >= 0.3 is 6.18 Å². The van der Waals surface area contributed by atoms with Crippen LogP contribution in [0.15, 0.2) is 36.4 Å². The first-order valence-corrected chi connectivity index (χ1v) is 7.01. The fourth-order valence-corrected chi connectivity index (χ4v) is 3.10. The van der Waals surface area contributed by atoms with Gasteiger partial charge in [-0.2, -0.15) is 13.2 Å². The van der Waals surface area contributed by atoms with Gasteiger partial charge < -0.3 is 4.74 Å². The second-order valence-electron chi connectivity index (χ2n) is 5.56. The number of alkyl halides is 3. The molecule has 1 aromatic carbocycles. The van der Waals surface area contributed by atoms with Gasteiger partial charge in [0.15, 0.2) is 5.41 Å². The highest BCUT2D eigenvalue weighted by Crippen LogP contribution is 2.46. The number of aromatic nitrogens is 1. The second kappa shape index (κ2) is 4.56. The van der Waals surface area contributed by atoms with Crippen molar-refractivity contribution in [3.63, 3.8) is 0 Å². The third-order valence-corrected chi connectivity index (χ3v) is 4.24. The summed E-state index contributed by atoms with van der Waals surface area (Å²) in [6, 6.07) is 8.29. The first-order chi connectivity index (χ1) is 11.3. The Morgan fingerprint density at radius 1 is 1.12 bits per heavy atom. The topological polar surface area (TPSA) is 68.3 Å². The van der Waals surface area contributed by atoms with Gasteiger partial charge in [-0.25, -0.2) is 4.98 Å². The van der Waals surface area contributed by atoms with Crippen LogP contribution in [0.3, 0.4) is 0 Å². The largest absolute Gasteiger partial charge is 0.491 e. The number of fused-ring (bicyclic) bond motifs is 4. The van der Waals surface area contributed by atoms with Crippen molar-refractivity contribution in [1.82, 2.24) is 10.3 Å². The van der Waals surface area contributed by atoms with Gasteiger partial charge in [-0.05, 0) is 18.2 Å². The summed E-state index contributed by atoms with van der Waals surface area (Å²) in [5.74, 6) is -1.13. The van der Waals surface area contributed by atoms with E-state index in [4.69, 9.17) is 4.74 Å². The maximum atomic E-state index is 13.0. The monoisotopic (exact) mass is 334 g/mol. The van der Waals surface area contributed by atoms with Crippen molar-refractivity contribution in [3.8, 4) is 5.75 Å². The van der Waals surface area contributed by atoms with E-state index in [1.54, 1.807) is 24.3 Å². The molecule has 1 atom stereocenters. The molecule has 2 aromatic rings. The molecule has 0 radical (unpaired) electrons. The van der Waals surface area contributed by atoms with Crippen molar-refractivity contribution < 1.29 is 27.5 Å². The van der Waals surface area contributed by atoms with E-state index in [1.807, 2.05) is 0 Å². The summed E-state index contributed by atoms with van der Waals surface area (Å²) >= 11 is 0. The molecule has 122 valence electrons. The van der Waals surface area contributed by atoms with Crippen LogP contribution in [0.4, 0.5) is 13.2 Å². The molecule has 0 bridgehead atoms. The summed E-state index contributed by atoms with van der Waals surface area (Å²) in [6.45, 7) is -0.216. The summed E-state index contributed by atoms with van der Waals surface area (Å²) in [5, 5.41) is 2.19. The number of halogens is 3. The quantitative estimate of drug-likeness (QED) is 0.749. The highest BCUT2D eigenvalue weighted by Gasteiger charge is 2.55. The van der Waals surface area contributed by atoms with Crippen LogP contribution in [0, 0.1) is 0 Å². The summed E-state index contributed by atoms with van der Waals surface area (Å²) in [6.07, 6.45) is -4.69. The number of hydrogen-bond donors (Lipinski definition) is 1. The maximum Gasteiger partial charge on any atom is 0.433 e. The van der Waals surface area contributed by atoms with Crippen LogP contribution in [-0.2, 0) is 16.4 Å². The molecule has 0 fully saturated rings. The second-order valence-corrected chi connectivity index (χ2v) is 5.56. The number of imide groups is 1. The lowest BCUT2D eigenvalue weighted by molar-refractivity contribution is -0.141. The molecular formula is C16H9F3N2O3. The Labute approximate surface area is 133 Å². The van der Waals surface area contributed by atoms with Crippen LogP contribution < -0.4 is 10.1 Å². The number of benzene rings is 1. The standard InChI is InChI=1S/C16H9F3N2O3/c17-16(18,19)11-6-5-8-12(20-11)15(14(23)21-13(8)22)7-24-10-4-2-1-3-9(10)15/h1-6H,7H2,(H,21,22,23). The Morgan fingerprint density at radius 2 is 1.88 bits per heavy atom. The van der Waals surface area contributed by atoms with Crippen molar-refractivity contribution in [2.24, 2.45) is 0 Å². The Morgan fingerprint density at radius 3 is 2.62 bits per heavy atom. The minimum Gasteiger partial charge on any atom is -0.491 e. The molecular weight excluding hydrogens is 325 g/mol. The third kappa shape index (κ3) is 1.79. The van der Waals surface area contributed by atoms with Gasteiger partial charge in [-0.3, -0.25) is 14.9 Å². The fraction of sp³-hybridized carbons (Fsp3) is 0.188. The first-order valence-electron chi connectivity index (χ1n) is 7.01. The number of amides is 2. The number of ether oxygens (including phenoxy) is 1. The van der Waals surface area contributed by atoms with Crippen LogP contribution in [0.25, 0.3) is 0 Å². The summed E-state index contributed by atoms with van der Waals surface area (Å²) in [5.41, 5.74) is -2.63. The molecule has 8 heteroatoms. The Bertz CT molecular complexity index is 894. The number of carbonyl (C=O) groups excluding carboxylic acids is 2. The molecule has 3 heterocycles. The van der Waals surface area contributed by atoms with E-state index < -0.39 is 29.1 Å². The molecule has 4 rings (SSSR count). The highest BCUT2D eigenvalue weighted by atomic mass is 19.4. The molecule has 1 aromatic heterocycles. The molecule has 0 aliphatic carbocycles. The summed E-state index contributed by atoms with van der Waals surface area (Å²) < 4.78 is 44.6. The fourth-order valence-electron chi connectivity index (χ4n) is 3.10. The average Bonchev–Trinajstić information content (AvgIpc) is 2.92. The minimum absolute atomic E-state index is 0.0668. The van der Waals surface area contributed by atoms with Gasteiger partial charge in [0.25, 0.3) is 5.91 Å². The van der Waals surface area contributed by atoms with E-state index >= 15 is 0 Å². The first kappa shape index (κ1) is 14.7. The van der Waals surface area contributed by atoms with Crippen molar-refractivity contribution >= 4 is 11.8 Å². The summed E-state index contributed by atoms with van der Waals surface area (Å²) in [4.78, 5) is 28.2. The van der Waals surface area contributed by atoms with Gasteiger partial charge in [0.05, 0.1) is 11.3 Å². The van der Waals surface area contributed by atoms with Gasteiger partial charge in [-0.1, -0.05) is 18.2 Å². The zero-order valence-electron chi connectivity index (χ0n) is 12.0. The zero-order chi connectivity index (χ0) is 17.1. The van der Waals surface area contributed by atoms with Gasteiger partial charge in [0.2, 0.25) is 5.91 Å². The Balaban J connectivity index is 2.03. The van der Waals surface area contributed by atoms with Crippen LogP contribution in [-0.4, -0.2) is 23.4 Å². The van der Waals surface area contributed by atoms with Crippen molar-refractivity contribution in [2.75, 3.05) is 6.61 Å². The average molecular weight is 334 g/mol. The Kier molecular flexibility index (Phi) is 2.79. The van der Waals surface area contributed by atoms with E-state index in [9.17, 15) is 22.8 Å². The minimum atomic E-state index is -4.69. The highest BCUT2D eigenvalue weighted by molar-refractivity contribution is 6.14.